The minimum absolute atomic E-state index is 0.0463. The van der Waals surface area contributed by atoms with Crippen LogP contribution in [0.1, 0.15) is 76.7 Å². The number of nitrogens with two attached hydrogens (primary N) is 3. The molecule has 2 heterocycles. The van der Waals surface area contributed by atoms with Crippen LogP contribution < -0.4 is 44.1 Å². The minimum Gasteiger partial charge on any atom is -0.423 e. The molecule has 16 nitrogen and oxygen atoms in total. The molecule has 1 aromatic carbocycles. The first-order chi connectivity index (χ1) is 23.8. The van der Waals surface area contributed by atoms with Crippen molar-refractivity contribution in [3.63, 3.8) is 0 Å². The molecule has 50 heavy (non-hydrogen) atoms. The SMILES string of the molecule is CC(=O)NCCCC[C@H](NC(=O)[C@H](CCCCN)NC(=O)[C@@H]1CCCN1C(=O)[C@@H](N)CCC(N)=O)C(=O)Nc1ccc2c(C)cc(=O)oc2c1. The number of aryl methyl sites for hydroxylation is 1. The number of unbranched alkanes of at least 4 members (excludes halogenated alkanes) is 2. The maximum atomic E-state index is 13.8. The van der Waals surface area contributed by atoms with E-state index in [-0.39, 0.29) is 31.6 Å². The first-order valence-corrected chi connectivity index (χ1v) is 17.1. The van der Waals surface area contributed by atoms with Crippen LogP contribution in [-0.2, 0) is 28.8 Å². The molecule has 1 aromatic heterocycles. The monoisotopic (exact) mass is 698 g/mol. The highest BCUT2D eigenvalue weighted by atomic mass is 16.4. The van der Waals surface area contributed by atoms with Gasteiger partial charge in [0, 0.05) is 49.6 Å². The number of nitrogens with one attached hydrogen (secondary N) is 4. The van der Waals surface area contributed by atoms with Crippen LogP contribution in [0.4, 0.5) is 5.69 Å². The Hall–Kier alpha value is -4.83. The molecule has 0 bridgehead atoms. The Morgan fingerprint density at radius 2 is 1.66 bits per heavy atom. The largest absolute Gasteiger partial charge is 0.423 e. The number of hydrogen-bond donors (Lipinski definition) is 7. The van der Waals surface area contributed by atoms with Gasteiger partial charge in [-0.05, 0) is 89.0 Å². The molecule has 3 rings (SSSR count). The molecular weight excluding hydrogens is 648 g/mol. The number of fused-ring (bicyclic) bond motifs is 1. The van der Waals surface area contributed by atoms with Gasteiger partial charge in [-0.2, -0.15) is 0 Å². The number of anilines is 1. The highest BCUT2D eigenvalue weighted by Crippen LogP contribution is 2.22. The average Bonchev–Trinajstić information content (AvgIpc) is 3.55. The topological polar surface area (TPSA) is 262 Å². The number of hydrogen-bond acceptors (Lipinski definition) is 10. The molecule has 6 amide bonds. The maximum Gasteiger partial charge on any atom is 0.336 e. The zero-order valence-electron chi connectivity index (χ0n) is 28.8. The molecule has 2 aromatic rings. The first kappa shape index (κ1) is 39.6. The molecule has 0 saturated carbocycles. The highest BCUT2D eigenvalue weighted by molar-refractivity contribution is 6.00. The normalized spacial score (nSPS) is 15.9. The van der Waals surface area contributed by atoms with Gasteiger partial charge < -0.3 is 47.8 Å². The van der Waals surface area contributed by atoms with E-state index in [2.05, 4.69) is 21.3 Å². The van der Waals surface area contributed by atoms with Gasteiger partial charge in [0.15, 0.2) is 0 Å². The van der Waals surface area contributed by atoms with Gasteiger partial charge in [0.25, 0.3) is 0 Å². The zero-order chi connectivity index (χ0) is 36.8. The van der Waals surface area contributed by atoms with Gasteiger partial charge in [0.05, 0.1) is 6.04 Å². The Balaban J connectivity index is 1.77. The third-order valence-electron chi connectivity index (χ3n) is 8.58. The number of benzene rings is 1. The van der Waals surface area contributed by atoms with Crippen molar-refractivity contribution in [3.05, 3.63) is 40.2 Å². The van der Waals surface area contributed by atoms with Gasteiger partial charge in [-0.1, -0.05) is 0 Å². The molecule has 16 heteroatoms. The second kappa shape index (κ2) is 19.4. The second-order valence-corrected chi connectivity index (χ2v) is 12.6. The first-order valence-electron chi connectivity index (χ1n) is 17.1. The Morgan fingerprint density at radius 1 is 0.960 bits per heavy atom. The quantitative estimate of drug-likeness (QED) is 0.0764. The van der Waals surface area contributed by atoms with E-state index >= 15 is 0 Å². The van der Waals surface area contributed by atoms with Crippen LogP contribution in [0.5, 0.6) is 0 Å². The summed E-state index contributed by atoms with van der Waals surface area (Å²) >= 11 is 0. The van der Waals surface area contributed by atoms with Gasteiger partial charge in [-0.15, -0.1) is 0 Å². The van der Waals surface area contributed by atoms with Gasteiger partial charge in [0.1, 0.15) is 23.7 Å². The molecule has 0 radical (unpaired) electrons. The van der Waals surface area contributed by atoms with Crippen molar-refractivity contribution in [1.82, 2.24) is 20.9 Å². The third kappa shape index (κ3) is 11.9. The summed E-state index contributed by atoms with van der Waals surface area (Å²) in [5, 5.41) is 11.8. The summed E-state index contributed by atoms with van der Waals surface area (Å²) in [5.74, 6) is -2.90. The summed E-state index contributed by atoms with van der Waals surface area (Å²) < 4.78 is 5.30. The van der Waals surface area contributed by atoms with Crippen LogP contribution in [0.15, 0.2) is 33.5 Å². The van der Waals surface area contributed by atoms with Crippen LogP contribution in [0.3, 0.4) is 0 Å². The van der Waals surface area contributed by atoms with Crippen LogP contribution in [-0.4, -0.2) is 84.1 Å². The van der Waals surface area contributed by atoms with Crippen LogP contribution in [0.2, 0.25) is 0 Å². The lowest BCUT2D eigenvalue weighted by Gasteiger charge is -2.29. The fourth-order valence-corrected chi connectivity index (χ4v) is 5.88. The number of carbonyl (C=O) groups excluding carboxylic acids is 6. The average molecular weight is 699 g/mol. The summed E-state index contributed by atoms with van der Waals surface area (Å²) in [6.07, 6.45) is 3.46. The predicted octanol–water partition coefficient (Wildman–Crippen LogP) is 0.0287. The molecule has 0 unspecified atom stereocenters. The molecule has 0 aliphatic carbocycles. The Bertz CT molecular complexity index is 1590. The molecular formula is C34H50N8O8. The fourth-order valence-electron chi connectivity index (χ4n) is 5.88. The number of nitrogens with zero attached hydrogens (tertiary/aromatic N) is 1. The van der Waals surface area contributed by atoms with E-state index in [1.807, 2.05) is 0 Å². The molecule has 1 aliphatic heterocycles. The van der Waals surface area contributed by atoms with Crippen LogP contribution in [0, 0.1) is 6.92 Å². The molecule has 1 fully saturated rings. The van der Waals surface area contributed by atoms with Crippen molar-refractivity contribution in [1.29, 1.82) is 0 Å². The Labute approximate surface area is 290 Å². The molecule has 4 atom stereocenters. The lowest BCUT2D eigenvalue weighted by molar-refractivity contribution is -0.140. The maximum absolute atomic E-state index is 13.8. The van der Waals surface area contributed by atoms with Crippen molar-refractivity contribution in [2.24, 2.45) is 17.2 Å². The van der Waals surface area contributed by atoms with Gasteiger partial charge in [0.2, 0.25) is 35.4 Å². The fraction of sp³-hybridized carbons (Fsp3) is 0.559. The predicted molar refractivity (Wildman–Crippen MR) is 186 cm³/mol. The van der Waals surface area contributed by atoms with Crippen molar-refractivity contribution in [2.45, 2.75) is 102 Å². The second-order valence-electron chi connectivity index (χ2n) is 12.6. The standard InChI is InChI=1S/C34H50N8O8/c1-20-18-30(45)50-28-19-22(11-12-23(20)28)39-31(46)25(9-4-6-16-38-21(2)43)40-32(47)26(8-3-5-15-35)41-33(48)27-10-7-17-42(27)34(49)24(36)13-14-29(37)44/h11-12,18-19,24-27H,3-10,13-17,35-36H2,1-2H3,(H2,37,44)(H,38,43)(H,39,46)(H,40,47)(H,41,48)/t24-,25-,26-,27-/m0/s1. The smallest absolute Gasteiger partial charge is 0.336 e. The lowest BCUT2D eigenvalue weighted by Crippen LogP contribution is -2.57. The lowest BCUT2D eigenvalue weighted by atomic mass is 10.0. The van der Waals surface area contributed by atoms with E-state index in [1.54, 1.807) is 19.1 Å². The van der Waals surface area contributed by atoms with Gasteiger partial charge in [-0.3, -0.25) is 28.8 Å². The third-order valence-corrected chi connectivity index (χ3v) is 8.58. The van der Waals surface area contributed by atoms with Crippen molar-refractivity contribution >= 4 is 52.1 Å². The Kier molecular flexibility index (Phi) is 15.4. The molecule has 1 saturated heterocycles. The van der Waals surface area contributed by atoms with Crippen LogP contribution >= 0.6 is 0 Å². The van der Waals surface area contributed by atoms with E-state index in [4.69, 9.17) is 21.6 Å². The summed E-state index contributed by atoms with van der Waals surface area (Å²) in [5.41, 5.74) is 17.7. The highest BCUT2D eigenvalue weighted by Gasteiger charge is 2.38. The van der Waals surface area contributed by atoms with Crippen molar-refractivity contribution in [3.8, 4) is 0 Å². The number of amides is 6. The number of rotatable bonds is 19. The molecule has 1 aliphatic rings. The number of primary amides is 1. The number of carbonyl (C=O) groups is 6. The molecule has 0 spiro atoms. The summed E-state index contributed by atoms with van der Waals surface area (Å²) in [4.78, 5) is 89.7. The van der Waals surface area contributed by atoms with Crippen LogP contribution in [0.25, 0.3) is 11.0 Å². The van der Waals surface area contributed by atoms with Gasteiger partial charge in [-0.25, -0.2) is 4.79 Å². The Morgan fingerprint density at radius 3 is 2.34 bits per heavy atom. The number of likely N-dealkylation sites (tertiary alicyclic amines) is 1. The minimum atomic E-state index is -1.04. The summed E-state index contributed by atoms with van der Waals surface area (Å²) in [6.45, 7) is 4.24. The summed E-state index contributed by atoms with van der Waals surface area (Å²) in [7, 11) is 0. The van der Waals surface area contributed by atoms with E-state index in [0.717, 1.165) is 5.56 Å². The zero-order valence-corrected chi connectivity index (χ0v) is 28.8. The van der Waals surface area contributed by atoms with E-state index < -0.39 is 59.3 Å². The van der Waals surface area contributed by atoms with E-state index in [9.17, 15) is 33.6 Å². The van der Waals surface area contributed by atoms with E-state index in [1.165, 1.54) is 24.0 Å². The van der Waals surface area contributed by atoms with Crippen molar-refractivity contribution < 1.29 is 33.2 Å². The van der Waals surface area contributed by atoms with Gasteiger partial charge >= 0.3 is 5.63 Å². The molecule has 274 valence electrons. The van der Waals surface area contributed by atoms with Crippen molar-refractivity contribution in [2.75, 3.05) is 25.0 Å². The summed E-state index contributed by atoms with van der Waals surface area (Å²) in [6, 6.07) is 2.34. The van der Waals surface area contributed by atoms with E-state index in [0.29, 0.717) is 74.8 Å². The molecule has 10 N–H and O–H groups in total.